The highest BCUT2D eigenvalue weighted by Crippen LogP contribution is 2.33. The second-order valence-corrected chi connectivity index (χ2v) is 9.70. The van der Waals surface area contributed by atoms with Crippen LogP contribution in [0.15, 0.2) is 95.0 Å². The van der Waals surface area contributed by atoms with Crippen LogP contribution < -0.4 is 0 Å². The van der Waals surface area contributed by atoms with Gasteiger partial charge in [0.05, 0.1) is 11.6 Å². The Morgan fingerprint density at radius 1 is 0.516 bits per heavy atom. The number of halogens is 3. The van der Waals surface area contributed by atoms with E-state index >= 15 is 0 Å². The quantitative estimate of drug-likeness (QED) is 0.175. The zero-order valence-corrected chi connectivity index (χ0v) is 20.6. The highest BCUT2D eigenvalue weighted by atomic mass is 79.9. The van der Waals surface area contributed by atoms with Crippen molar-refractivity contribution in [3.63, 3.8) is 0 Å². The molecule has 0 unspecified atom stereocenters. The van der Waals surface area contributed by atoms with Crippen molar-refractivity contribution >= 4 is 91.7 Å². The fourth-order valence-electron chi connectivity index (χ4n) is 3.54. The SMILES string of the molecule is Brc1ccc2oc3ccc(Br)cc3c2c1.N#Cc1ccc2oc3ccc(Br)cc3c2c1. The van der Waals surface area contributed by atoms with E-state index in [1.165, 1.54) is 0 Å². The number of fused-ring (bicyclic) bond motifs is 6. The molecule has 0 fully saturated rings. The van der Waals surface area contributed by atoms with Gasteiger partial charge in [0, 0.05) is 35.0 Å². The molecule has 0 aliphatic heterocycles. The third-order valence-electron chi connectivity index (χ3n) is 4.95. The Kier molecular flexibility index (Phi) is 5.35. The van der Waals surface area contributed by atoms with Gasteiger partial charge in [0.2, 0.25) is 0 Å². The summed E-state index contributed by atoms with van der Waals surface area (Å²) in [5.41, 5.74) is 4.15. The average molecular weight is 598 g/mol. The Balaban J connectivity index is 0.000000132. The predicted molar refractivity (Wildman–Crippen MR) is 135 cm³/mol. The Bertz CT molecular complexity index is 1580. The second-order valence-electron chi connectivity index (χ2n) is 6.95. The number of nitriles is 1. The van der Waals surface area contributed by atoms with Crippen LogP contribution in [0.2, 0.25) is 0 Å². The van der Waals surface area contributed by atoms with Crippen LogP contribution in [-0.4, -0.2) is 0 Å². The lowest BCUT2D eigenvalue weighted by Gasteiger charge is -1.91. The van der Waals surface area contributed by atoms with E-state index in [2.05, 4.69) is 66.0 Å². The maximum absolute atomic E-state index is 8.87. The molecule has 31 heavy (non-hydrogen) atoms. The van der Waals surface area contributed by atoms with E-state index in [0.29, 0.717) is 5.56 Å². The topological polar surface area (TPSA) is 50.1 Å². The first-order chi connectivity index (χ1) is 15.0. The first-order valence-corrected chi connectivity index (χ1v) is 11.7. The van der Waals surface area contributed by atoms with Crippen LogP contribution in [0.4, 0.5) is 0 Å². The largest absolute Gasteiger partial charge is 0.456 e. The first-order valence-electron chi connectivity index (χ1n) is 9.31. The summed E-state index contributed by atoms with van der Waals surface area (Å²) in [4.78, 5) is 0. The smallest absolute Gasteiger partial charge is 0.135 e. The van der Waals surface area contributed by atoms with Crippen molar-refractivity contribution in [2.75, 3.05) is 0 Å². The highest BCUT2D eigenvalue weighted by Gasteiger charge is 2.08. The molecule has 0 saturated heterocycles. The molecule has 0 spiro atoms. The summed E-state index contributed by atoms with van der Waals surface area (Å²) in [5, 5.41) is 13.2. The standard InChI is InChI=1S/C13H6BrNO.C12H6Br2O/c14-9-2-4-13-11(6-9)10-5-8(7-15)1-3-12(10)16-13;13-7-1-3-11-9(5-7)10-6-8(14)2-4-12(10)15-11/h1-6H;1-6H. The van der Waals surface area contributed by atoms with Gasteiger partial charge >= 0.3 is 0 Å². The van der Waals surface area contributed by atoms with Crippen molar-refractivity contribution < 1.29 is 8.83 Å². The zero-order chi connectivity index (χ0) is 21.5. The monoisotopic (exact) mass is 595 g/mol. The van der Waals surface area contributed by atoms with Gasteiger partial charge in [-0.25, -0.2) is 0 Å². The molecule has 0 radical (unpaired) electrons. The fraction of sp³-hybridized carbons (Fsp3) is 0. The van der Waals surface area contributed by atoms with Gasteiger partial charge in [0.25, 0.3) is 0 Å². The summed E-state index contributed by atoms with van der Waals surface area (Å²) < 4.78 is 14.5. The minimum Gasteiger partial charge on any atom is -0.456 e. The molecule has 0 amide bonds. The van der Waals surface area contributed by atoms with Gasteiger partial charge in [0.1, 0.15) is 22.3 Å². The maximum atomic E-state index is 8.87. The molecule has 0 atom stereocenters. The molecule has 0 aliphatic carbocycles. The van der Waals surface area contributed by atoms with E-state index in [0.717, 1.165) is 57.3 Å². The number of rotatable bonds is 0. The van der Waals surface area contributed by atoms with Gasteiger partial charge in [-0.1, -0.05) is 47.8 Å². The normalized spacial score (nSPS) is 11.0. The highest BCUT2D eigenvalue weighted by molar-refractivity contribution is 9.11. The van der Waals surface area contributed by atoms with Gasteiger partial charge in [-0.05, 0) is 72.8 Å². The molecule has 0 N–H and O–H groups in total. The maximum Gasteiger partial charge on any atom is 0.135 e. The van der Waals surface area contributed by atoms with Crippen LogP contribution in [0, 0.1) is 11.3 Å². The molecule has 0 bridgehead atoms. The summed E-state index contributed by atoms with van der Waals surface area (Å²) in [5.74, 6) is 0. The van der Waals surface area contributed by atoms with Gasteiger partial charge in [-0.2, -0.15) is 5.26 Å². The Morgan fingerprint density at radius 3 is 1.26 bits per heavy atom. The van der Waals surface area contributed by atoms with Crippen molar-refractivity contribution in [3.05, 3.63) is 91.8 Å². The molecule has 0 saturated carbocycles. The van der Waals surface area contributed by atoms with Gasteiger partial charge in [0.15, 0.2) is 0 Å². The lowest BCUT2D eigenvalue weighted by Crippen LogP contribution is -1.72. The second kappa shape index (κ2) is 8.16. The van der Waals surface area contributed by atoms with Crippen LogP contribution >= 0.6 is 47.8 Å². The number of hydrogen-bond donors (Lipinski definition) is 0. The number of benzene rings is 4. The molecule has 3 nitrogen and oxygen atoms in total. The summed E-state index contributed by atoms with van der Waals surface area (Å²) >= 11 is 10.4. The van der Waals surface area contributed by atoms with Gasteiger partial charge < -0.3 is 8.83 Å². The Labute approximate surface area is 202 Å². The summed E-state index contributed by atoms with van der Waals surface area (Å²) in [7, 11) is 0. The van der Waals surface area contributed by atoms with Crippen molar-refractivity contribution in [3.8, 4) is 6.07 Å². The fourth-order valence-corrected chi connectivity index (χ4v) is 4.62. The number of hydrogen-bond acceptors (Lipinski definition) is 3. The van der Waals surface area contributed by atoms with Crippen LogP contribution in [-0.2, 0) is 0 Å². The molecule has 2 heterocycles. The molecule has 4 aromatic carbocycles. The van der Waals surface area contributed by atoms with E-state index in [1.54, 1.807) is 6.07 Å². The van der Waals surface area contributed by atoms with Crippen molar-refractivity contribution in [2.24, 2.45) is 0 Å². The minimum atomic E-state index is 0.648. The van der Waals surface area contributed by atoms with Crippen LogP contribution in [0.1, 0.15) is 5.56 Å². The van der Waals surface area contributed by atoms with E-state index < -0.39 is 0 Å². The molecule has 6 aromatic rings. The molecular weight excluding hydrogens is 586 g/mol. The number of furan rings is 2. The van der Waals surface area contributed by atoms with Gasteiger partial charge in [-0.3, -0.25) is 0 Å². The third-order valence-corrected chi connectivity index (χ3v) is 6.43. The lowest BCUT2D eigenvalue weighted by molar-refractivity contribution is 0.668. The van der Waals surface area contributed by atoms with Crippen molar-refractivity contribution in [1.29, 1.82) is 5.26 Å². The zero-order valence-electron chi connectivity index (χ0n) is 15.8. The van der Waals surface area contributed by atoms with Crippen LogP contribution in [0.5, 0.6) is 0 Å². The van der Waals surface area contributed by atoms with E-state index in [4.69, 9.17) is 14.1 Å². The number of nitrogens with zero attached hydrogens (tertiary/aromatic N) is 1. The van der Waals surface area contributed by atoms with Crippen LogP contribution in [0.25, 0.3) is 43.9 Å². The molecule has 0 aliphatic rings. The summed E-state index contributed by atoms with van der Waals surface area (Å²) in [6.45, 7) is 0. The van der Waals surface area contributed by atoms with Gasteiger partial charge in [-0.15, -0.1) is 0 Å². The Morgan fingerprint density at radius 2 is 0.871 bits per heavy atom. The third kappa shape index (κ3) is 3.89. The minimum absolute atomic E-state index is 0.648. The molecular formula is C25H12Br3NO2. The van der Waals surface area contributed by atoms with E-state index in [-0.39, 0.29) is 0 Å². The molecule has 2 aromatic heterocycles. The summed E-state index contributed by atoms with van der Waals surface area (Å²) in [6, 6.07) is 25.5. The van der Waals surface area contributed by atoms with Crippen molar-refractivity contribution in [1.82, 2.24) is 0 Å². The molecule has 6 heteroatoms. The summed E-state index contributed by atoms with van der Waals surface area (Å²) in [6.07, 6.45) is 0. The Hall–Kier alpha value is -2.59. The van der Waals surface area contributed by atoms with Crippen LogP contribution in [0.3, 0.4) is 0 Å². The predicted octanol–water partition coefficient (Wildman–Crippen LogP) is 9.33. The lowest BCUT2D eigenvalue weighted by atomic mass is 10.1. The average Bonchev–Trinajstić information content (AvgIpc) is 3.31. The van der Waals surface area contributed by atoms with Crippen molar-refractivity contribution in [2.45, 2.75) is 0 Å². The first kappa shape index (κ1) is 20.3. The molecule has 6 rings (SSSR count). The van der Waals surface area contributed by atoms with E-state index in [1.807, 2.05) is 54.6 Å². The molecule has 150 valence electrons. The van der Waals surface area contributed by atoms with E-state index in [9.17, 15) is 0 Å².